The van der Waals surface area contributed by atoms with Crippen molar-refractivity contribution in [2.24, 2.45) is 0 Å². The number of rotatable bonds is 10. The van der Waals surface area contributed by atoms with Gasteiger partial charge in [-0.05, 0) is 101 Å². The first-order valence-corrected chi connectivity index (χ1v) is 14.0. The summed E-state index contributed by atoms with van der Waals surface area (Å²) in [5.74, 6) is 0.449. The summed E-state index contributed by atoms with van der Waals surface area (Å²) in [6.07, 6.45) is 4.09. The first-order chi connectivity index (χ1) is 19.9. The molecule has 0 amide bonds. The Kier molecular flexibility index (Phi) is 14.0. The zero-order chi connectivity index (χ0) is 31.1. The fourth-order valence-electron chi connectivity index (χ4n) is 4.01. The highest BCUT2D eigenvalue weighted by atomic mass is 19.1. The van der Waals surface area contributed by atoms with Gasteiger partial charge in [-0.25, -0.2) is 9.18 Å². The minimum atomic E-state index is -0.325. The lowest BCUT2D eigenvalue weighted by Gasteiger charge is -2.05. The van der Waals surface area contributed by atoms with Crippen LogP contribution in [0.4, 0.5) is 4.39 Å². The van der Waals surface area contributed by atoms with Crippen LogP contribution in [0.25, 0.3) is 11.0 Å². The number of aryl methyl sites for hydroxylation is 2. The Morgan fingerprint density at radius 1 is 0.762 bits per heavy atom. The van der Waals surface area contributed by atoms with Crippen LogP contribution in [0.2, 0.25) is 0 Å². The first-order valence-electron chi connectivity index (χ1n) is 14.0. The number of fused-ring (bicyclic) bond motifs is 1. The summed E-state index contributed by atoms with van der Waals surface area (Å²) >= 11 is 0. The smallest absolute Gasteiger partial charge is 0.336 e. The fraction of sp³-hybridized carbons (Fsp3) is 0.314. The zero-order valence-corrected chi connectivity index (χ0v) is 25.3. The SMILES string of the molecule is CC(=N)CCCCOc1ccc(F)cc1.CC(=N)Cc1ccc(C)cc1.CC(=N)Cc1ccc2c(C)cc(=O)oc2c1. The summed E-state index contributed by atoms with van der Waals surface area (Å²) in [5, 5.41) is 22.9. The third-order valence-electron chi connectivity index (χ3n) is 6.10. The van der Waals surface area contributed by atoms with Gasteiger partial charge in [0.2, 0.25) is 0 Å². The number of hydrogen-bond donors (Lipinski definition) is 3. The van der Waals surface area contributed by atoms with Gasteiger partial charge in [-0.2, -0.15) is 0 Å². The second-order valence-electron chi connectivity index (χ2n) is 10.5. The van der Waals surface area contributed by atoms with Gasteiger partial charge in [-0.1, -0.05) is 42.0 Å². The number of hydrogen-bond acceptors (Lipinski definition) is 6. The summed E-state index contributed by atoms with van der Waals surface area (Å²) in [4.78, 5) is 11.2. The standard InChI is InChI=1S/C13H13NO2.C12H16FNO.C10H13N/c1-8-5-13(15)16-12-7-10(6-9(2)14)3-4-11(8)12;1-10(14)4-2-3-9-15-12-7-5-11(13)6-8-12;1-8-3-5-10(6-4-8)7-9(2)11/h3-5,7,14H,6H2,1-2H3;5-8,14H,2-4,9H2,1H3;3-6,11H,7H2,1-2H3. The summed E-state index contributed by atoms with van der Waals surface area (Å²) in [6, 6.07) is 21.6. The minimum absolute atomic E-state index is 0.248. The van der Waals surface area contributed by atoms with Gasteiger partial charge in [0.05, 0.1) is 6.61 Å². The van der Waals surface area contributed by atoms with Crippen LogP contribution in [0.3, 0.4) is 0 Å². The second-order valence-corrected chi connectivity index (χ2v) is 10.5. The lowest BCUT2D eigenvalue weighted by atomic mass is 10.1. The van der Waals surface area contributed by atoms with Crippen molar-refractivity contribution in [2.75, 3.05) is 6.61 Å². The molecule has 3 N–H and O–H groups in total. The third kappa shape index (κ3) is 13.3. The van der Waals surface area contributed by atoms with Gasteiger partial charge < -0.3 is 25.4 Å². The van der Waals surface area contributed by atoms with E-state index >= 15 is 0 Å². The van der Waals surface area contributed by atoms with E-state index in [-0.39, 0.29) is 11.4 Å². The molecule has 0 radical (unpaired) electrons. The van der Waals surface area contributed by atoms with Crippen LogP contribution in [0.5, 0.6) is 5.75 Å². The van der Waals surface area contributed by atoms with Crippen LogP contribution in [0.1, 0.15) is 62.3 Å². The van der Waals surface area contributed by atoms with Gasteiger partial charge in [0.25, 0.3) is 0 Å². The molecule has 1 aromatic heterocycles. The number of halogens is 1. The van der Waals surface area contributed by atoms with E-state index in [1.54, 1.807) is 26.0 Å². The van der Waals surface area contributed by atoms with Gasteiger partial charge in [0, 0.05) is 41.4 Å². The van der Waals surface area contributed by atoms with E-state index in [9.17, 15) is 9.18 Å². The lowest BCUT2D eigenvalue weighted by Crippen LogP contribution is -1.99. The van der Waals surface area contributed by atoms with Crippen molar-refractivity contribution in [3.8, 4) is 5.75 Å². The van der Waals surface area contributed by atoms with Crippen LogP contribution in [-0.2, 0) is 12.8 Å². The molecule has 0 bridgehead atoms. The molecule has 3 aromatic carbocycles. The van der Waals surface area contributed by atoms with Crippen LogP contribution in [0.15, 0.2) is 82.0 Å². The van der Waals surface area contributed by atoms with E-state index in [0.717, 1.165) is 42.2 Å². The first kappa shape index (κ1) is 33.8. The largest absolute Gasteiger partial charge is 0.494 e. The van der Waals surface area contributed by atoms with Crippen LogP contribution >= 0.6 is 0 Å². The van der Waals surface area contributed by atoms with Crippen molar-refractivity contribution in [1.82, 2.24) is 0 Å². The fourth-order valence-corrected chi connectivity index (χ4v) is 4.01. The average molecular weight is 572 g/mol. The Labute approximate surface area is 248 Å². The Balaban J connectivity index is 0.000000224. The molecule has 1 heterocycles. The molecule has 7 heteroatoms. The van der Waals surface area contributed by atoms with Crippen molar-refractivity contribution in [3.05, 3.63) is 111 Å². The van der Waals surface area contributed by atoms with Crippen molar-refractivity contribution in [1.29, 1.82) is 16.2 Å². The van der Waals surface area contributed by atoms with Crippen LogP contribution in [-0.4, -0.2) is 23.7 Å². The predicted molar refractivity (Wildman–Crippen MR) is 172 cm³/mol. The van der Waals surface area contributed by atoms with E-state index in [0.29, 0.717) is 41.5 Å². The number of nitrogens with one attached hydrogen (secondary N) is 3. The molecule has 4 rings (SSSR count). The maximum absolute atomic E-state index is 12.5. The van der Waals surface area contributed by atoms with E-state index in [1.807, 2.05) is 32.0 Å². The maximum atomic E-state index is 12.5. The molecule has 0 saturated heterocycles. The van der Waals surface area contributed by atoms with Gasteiger partial charge >= 0.3 is 5.63 Å². The lowest BCUT2D eigenvalue weighted by molar-refractivity contribution is 0.307. The Morgan fingerprint density at radius 2 is 1.36 bits per heavy atom. The molecule has 0 aliphatic heterocycles. The Hall–Kier alpha value is -4.39. The van der Waals surface area contributed by atoms with E-state index in [4.69, 9.17) is 25.4 Å². The molecule has 0 aliphatic carbocycles. The molecular weight excluding hydrogens is 529 g/mol. The Bertz CT molecular complexity index is 1520. The quantitative estimate of drug-likeness (QED) is 0.101. The topological polar surface area (TPSA) is 111 Å². The van der Waals surface area contributed by atoms with Crippen LogP contribution < -0.4 is 10.4 Å². The highest BCUT2D eigenvalue weighted by Crippen LogP contribution is 2.18. The van der Waals surface area contributed by atoms with Gasteiger partial charge in [-0.3, -0.25) is 0 Å². The molecule has 0 unspecified atom stereocenters. The molecule has 0 saturated carbocycles. The van der Waals surface area contributed by atoms with Crippen LogP contribution in [0, 0.1) is 35.9 Å². The monoisotopic (exact) mass is 571 g/mol. The van der Waals surface area contributed by atoms with E-state index in [2.05, 4.69) is 31.2 Å². The summed E-state index contributed by atoms with van der Waals surface area (Å²) in [5.41, 5.74) is 6.70. The van der Waals surface area contributed by atoms with Crippen molar-refractivity contribution < 1.29 is 13.5 Å². The normalized spacial score (nSPS) is 10.1. The third-order valence-corrected chi connectivity index (χ3v) is 6.10. The highest BCUT2D eigenvalue weighted by Gasteiger charge is 2.04. The molecule has 0 atom stereocenters. The molecule has 0 aliphatic rings. The summed E-state index contributed by atoms with van der Waals surface area (Å²) in [6.45, 7) is 9.98. The number of ether oxygens (including phenoxy) is 1. The van der Waals surface area contributed by atoms with E-state index < -0.39 is 0 Å². The van der Waals surface area contributed by atoms with Crippen molar-refractivity contribution in [2.45, 2.75) is 66.7 Å². The van der Waals surface area contributed by atoms with Gasteiger partial charge in [0.15, 0.2) is 0 Å². The average Bonchev–Trinajstić information content (AvgIpc) is 2.90. The van der Waals surface area contributed by atoms with E-state index in [1.165, 1.54) is 29.3 Å². The molecule has 222 valence electrons. The summed E-state index contributed by atoms with van der Waals surface area (Å²) in [7, 11) is 0. The molecule has 0 spiro atoms. The second kappa shape index (κ2) is 17.4. The zero-order valence-electron chi connectivity index (χ0n) is 25.3. The van der Waals surface area contributed by atoms with Crippen molar-refractivity contribution >= 4 is 28.1 Å². The van der Waals surface area contributed by atoms with Gasteiger partial charge in [-0.15, -0.1) is 0 Å². The predicted octanol–water partition coefficient (Wildman–Crippen LogP) is 8.68. The van der Waals surface area contributed by atoms with Gasteiger partial charge in [0.1, 0.15) is 17.1 Å². The molecule has 4 aromatic rings. The molecule has 42 heavy (non-hydrogen) atoms. The highest BCUT2D eigenvalue weighted by molar-refractivity contribution is 5.84. The molecular formula is C35H42FN3O3. The maximum Gasteiger partial charge on any atom is 0.336 e. The van der Waals surface area contributed by atoms with Crippen molar-refractivity contribution in [3.63, 3.8) is 0 Å². The number of unbranched alkanes of at least 4 members (excludes halogenated alkanes) is 1. The summed E-state index contributed by atoms with van der Waals surface area (Å²) < 4.78 is 23.1. The Morgan fingerprint density at radius 3 is 1.95 bits per heavy atom. The minimum Gasteiger partial charge on any atom is -0.494 e. The molecule has 6 nitrogen and oxygen atoms in total. The number of benzene rings is 3. The molecule has 0 fully saturated rings.